The summed E-state index contributed by atoms with van der Waals surface area (Å²) in [7, 11) is 3.73. The third kappa shape index (κ3) is 4.62. The average Bonchev–Trinajstić information content (AvgIpc) is 2.81. The maximum Gasteiger partial charge on any atom is 0.262 e. The Morgan fingerprint density at radius 2 is 1.68 bits per heavy atom. The van der Waals surface area contributed by atoms with Gasteiger partial charge in [0.25, 0.3) is 11.5 Å². The van der Waals surface area contributed by atoms with Crippen molar-refractivity contribution in [3.05, 3.63) is 70.6 Å². The van der Waals surface area contributed by atoms with Gasteiger partial charge in [0.15, 0.2) is 0 Å². The molecule has 2 aromatic carbocycles. The van der Waals surface area contributed by atoms with E-state index in [1.807, 2.05) is 30.3 Å². The van der Waals surface area contributed by atoms with Gasteiger partial charge in [-0.15, -0.1) is 0 Å². The highest BCUT2D eigenvalue weighted by molar-refractivity contribution is 6.06. The predicted octanol–water partition coefficient (Wildman–Crippen LogP) is 1.98. The molecule has 0 saturated carbocycles. The Kier molecular flexibility index (Phi) is 6.34. The standard InChI is InChI=1S/C24H28N4O3/c1-26-13-15-27(16-14-26)12-11-25-23(29)22-17-28(18-7-9-19(31-2)10-8-18)24(30)21-6-4-3-5-20(21)22/h3-10,17H,11-16H2,1-2H3,(H,25,29). The lowest BCUT2D eigenvalue weighted by Crippen LogP contribution is -2.47. The number of methoxy groups -OCH3 is 1. The second-order valence-corrected chi connectivity index (χ2v) is 7.86. The number of rotatable bonds is 6. The van der Waals surface area contributed by atoms with E-state index in [1.54, 1.807) is 31.5 Å². The van der Waals surface area contributed by atoms with E-state index in [9.17, 15) is 9.59 Å². The molecule has 1 aliphatic rings. The molecule has 1 amide bonds. The fourth-order valence-electron chi connectivity index (χ4n) is 3.90. The van der Waals surface area contributed by atoms with E-state index < -0.39 is 0 Å². The van der Waals surface area contributed by atoms with E-state index in [2.05, 4.69) is 22.2 Å². The van der Waals surface area contributed by atoms with E-state index in [1.165, 1.54) is 4.57 Å². The van der Waals surface area contributed by atoms with Gasteiger partial charge in [-0.1, -0.05) is 18.2 Å². The second kappa shape index (κ2) is 9.32. The molecule has 3 aromatic rings. The number of benzene rings is 2. The minimum atomic E-state index is -0.174. The maximum absolute atomic E-state index is 13.1. The molecule has 0 bridgehead atoms. The number of hydrogen-bond acceptors (Lipinski definition) is 5. The number of pyridine rings is 1. The molecule has 0 atom stereocenters. The fraction of sp³-hybridized carbons (Fsp3) is 0.333. The van der Waals surface area contributed by atoms with Crippen molar-refractivity contribution in [3.63, 3.8) is 0 Å². The van der Waals surface area contributed by atoms with Crippen LogP contribution in [-0.2, 0) is 0 Å². The highest BCUT2D eigenvalue weighted by Gasteiger charge is 2.17. The van der Waals surface area contributed by atoms with Crippen LogP contribution in [0.15, 0.2) is 59.5 Å². The van der Waals surface area contributed by atoms with Gasteiger partial charge in [-0.05, 0) is 37.4 Å². The third-order valence-electron chi connectivity index (χ3n) is 5.83. The van der Waals surface area contributed by atoms with Crippen LogP contribution >= 0.6 is 0 Å². The molecule has 1 N–H and O–H groups in total. The van der Waals surface area contributed by atoms with Gasteiger partial charge in [0.2, 0.25) is 0 Å². The molecule has 4 rings (SSSR count). The normalized spacial score (nSPS) is 15.2. The molecule has 1 aliphatic heterocycles. The topological polar surface area (TPSA) is 66.8 Å². The molecule has 7 nitrogen and oxygen atoms in total. The summed E-state index contributed by atoms with van der Waals surface area (Å²) in [6, 6.07) is 14.5. The van der Waals surface area contributed by atoms with Crippen LogP contribution in [0.1, 0.15) is 10.4 Å². The third-order valence-corrected chi connectivity index (χ3v) is 5.83. The number of aromatic nitrogens is 1. The predicted molar refractivity (Wildman–Crippen MR) is 122 cm³/mol. The molecule has 162 valence electrons. The lowest BCUT2D eigenvalue weighted by Gasteiger charge is -2.32. The minimum absolute atomic E-state index is 0.158. The molecule has 2 heterocycles. The van der Waals surface area contributed by atoms with Crippen LogP contribution in [0.5, 0.6) is 5.75 Å². The highest BCUT2D eigenvalue weighted by Crippen LogP contribution is 2.19. The van der Waals surface area contributed by atoms with Gasteiger partial charge in [-0.3, -0.25) is 19.1 Å². The monoisotopic (exact) mass is 420 g/mol. The molecule has 0 radical (unpaired) electrons. The van der Waals surface area contributed by atoms with Crippen molar-refractivity contribution in [3.8, 4) is 11.4 Å². The van der Waals surface area contributed by atoms with Gasteiger partial charge in [0, 0.05) is 61.9 Å². The average molecular weight is 421 g/mol. The van der Waals surface area contributed by atoms with Gasteiger partial charge in [0.1, 0.15) is 5.75 Å². The van der Waals surface area contributed by atoms with E-state index in [0.29, 0.717) is 34.3 Å². The van der Waals surface area contributed by atoms with Gasteiger partial charge in [-0.2, -0.15) is 0 Å². The van der Waals surface area contributed by atoms with Crippen molar-refractivity contribution in [1.29, 1.82) is 0 Å². The molecule has 1 saturated heterocycles. The van der Waals surface area contributed by atoms with Crippen molar-refractivity contribution in [1.82, 2.24) is 19.7 Å². The number of ether oxygens (including phenoxy) is 1. The number of amides is 1. The largest absolute Gasteiger partial charge is 0.497 e. The number of carbonyl (C=O) groups is 1. The summed E-state index contributed by atoms with van der Waals surface area (Å²) in [4.78, 5) is 30.8. The van der Waals surface area contributed by atoms with Crippen LogP contribution in [0.2, 0.25) is 0 Å². The first kappa shape index (κ1) is 21.1. The molecule has 1 aromatic heterocycles. The summed E-state index contributed by atoms with van der Waals surface area (Å²) in [5.41, 5.74) is 1.02. The SMILES string of the molecule is COc1ccc(-n2cc(C(=O)NCCN3CCN(C)CC3)c3ccccc3c2=O)cc1. The van der Waals surface area contributed by atoms with Crippen LogP contribution < -0.4 is 15.6 Å². The number of hydrogen-bond donors (Lipinski definition) is 1. The Morgan fingerprint density at radius 1 is 1.00 bits per heavy atom. The van der Waals surface area contributed by atoms with Crippen molar-refractivity contribution < 1.29 is 9.53 Å². The van der Waals surface area contributed by atoms with E-state index in [4.69, 9.17) is 4.74 Å². The van der Waals surface area contributed by atoms with Crippen LogP contribution in [0, 0.1) is 0 Å². The number of piperazine rings is 1. The van der Waals surface area contributed by atoms with Crippen molar-refractivity contribution in [2.75, 3.05) is 53.4 Å². The van der Waals surface area contributed by atoms with Gasteiger partial charge < -0.3 is 15.0 Å². The van der Waals surface area contributed by atoms with Crippen molar-refractivity contribution >= 4 is 16.7 Å². The zero-order valence-corrected chi connectivity index (χ0v) is 18.0. The van der Waals surface area contributed by atoms with E-state index in [-0.39, 0.29) is 11.5 Å². The minimum Gasteiger partial charge on any atom is -0.497 e. The smallest absolute Gasteiger partial charge is 0.262 e. The molecule has 7 heteroatoms. The summed E-state index contributed by atoms with van der Waals surface area (Å²) in [5.74, 6) is 0.534. The number of carbonyl (C=O) groups excluding carboxylic acids is 1. The van der Waals surface area contributed by atoms with Crippen LogP contribution in [0.4, 0.5) is 0 Å². The molecule has 1 fully saturated rings. The van der Waals surface area contributed by atoms with Crippen molar-refractivity contribution in [2.45, 2.75) is 0 Å². The van der Waals surface area contributed by atoms with Gasteiger partial charge in [0.05, 0.1) is 12.7 Å². The van der Waals surface area contributed by atoms with E-state index in [0.717, 1.165) is 32.7 Å². The fourth-order valence-corrected chi connectivity index (χ4v) is 3.90. The molecular weight excluding hydrogens is 392 g/mol. The first-order valence-corrected chi connectivity index (χ1v) is 10.5. The zero-order valence-electron chi connectivity index (χ0n) is 18.0. The molecule has 0 spiro atoms. The molecule has 31 heavy (non-hydrogen) atoms. The second-order valence-electron chi connectivity index (χ2n) is 7.86. The molecule has 0 aliphatic carbocycles. The number of likely N-dealkylation sites (N-methyl/N-ethyl adjacent to an activating group) is 1. The van der Waals surface area contributed by atoms with Crippen LogP contribution in [0.3, 0.4) is 0 Å². The first-order chi connectivity index (χ1) is 15.1. The highest BCUT2D eigenvalue weighted by atomic mass is 16.5. The summed E-state index contributed by atoms with van der Waals surface area (Å²) in [5, 5.41) is 4.22. The lowest BCUT2D eigenvalue weighted by atomic mass is 10.1. The quantitative estimate of drug-likeness (QED) is 0.661. The number of fused-ring (bicyclic) bond motifs is 1. The summed E-state index contributed by atoms with van der Waals surface area (Å²) >= 11 is 0. The number of nitrogens with one attached hydrogen (secondary N) is 1. The van der Waals surface area contributed by atoms with E-state index >= 15 is 0 Å². The Morgan fingerprint density at radius 3 is 2.35 bits per heavy atom. The van der Waals surface area contributed by atoms with Crippen molar-refractivity contribution in [2.24, 2.45) is 0 Å². The van der Waals surface area contributed by atoms with Crippen LogP contribution in [-0.4, -0.2) is 73.7 Å². The summed E-state index contributed by atoms with van der Waals surface area (Å²) in [6.45, 7) is 5.50. The lowest BCUT2D eigenvalue weighted by molar-refractivity contribution is 0.0942. The van der Waals surface area contributed by atoms with Gasteiger partial charge in [-0.25, -0.2) is 0 Å². The Labute approximate surface area is 181 Å². The summed E-state index contributed by atoms with van der Waals surface area (Å²) in [6.07, 6.45) is 1.64. The van der Waals surface area contributed by atoms with Gasteiger partial charge >= 0.3 is 0 Å². The zero-order chi connectivity index (χ0) is 21.8. The Bertz CT molecular complexity index is 1120. The van der Waals surface area contributed by atoms with Crippen LogP contribution in [0.25, 0.3) is 16.5 Å². The Balaban J connectivity index is 1.59. The maximum atomic E-state index is 13.1. The molecular formula is C24H28N4O3. The first-order valence-electron chi connectivity index (χ1n) is 10.5. The Hall–Kier alpha value is -3.16. The summed E-state index contributed by atoms with van der Waals surface area (Å²) < 4.78 is 6.73. The molecule has 0 unspecified atom stereocenters. The number of nitrogens with zero attached hydrogens (tertiary/aromatic N) is 3.